The molecule has 0 aliphatic rings. The fraction of sp³-hybridized carbons (Fsp3) is 0.0769. The van der Waals surface area contributed by atoms with Gasteiger partial charge in [-0.05, 0) is 29.8 Å². The van der Waals surface area contributed by atoms with Gasteiger partial charge in [-0.1, -0.05) is 11.6 Å². The topological polar surface area (TPSA) is 59.4 Å². The molecule has 0 amide bonds. The predicted octanol–water partition coefficient (Wildman–Crippen LogP) is 3.15. The lowest BCUT2D eigenvalue weighted by molar-refractivity contribution is 0.0690. The summed E-state index contributed by atoms with van der Waals surface area (Å²) in [5.74, 6) is -1.37. The van der Waals surface area contributed by atoms with Gasteiger partial charge in [-0.3, -0.25) is 0 Å². The zero-order valence-corrected chi connectivity index (χ0v) is 10.4. The van der Waals surface area contributed by atoms with Crippen LogP contribution in [0.5, 0.6) is 5.75 Å². The molecule has 1 aromatic carbocycles. The van der Waals surface area contributed by atoms with Crippen molar-refractivity contribution in [2.75, 3.05) is 0 Å². The zero-order valence-electron chi connectivity index (χ0n) is 9.64. The number of ether oxygens (including phenoxy) is 1. The van der Waals surface area contributed by atoms with Gasteiger partial charge in [0.2, 0.25) is 0 Å². The molecule has 0 radical (unpaired) electrons. The number of hydrogen-bond donors (Lipinski definition) is 1. The SMILES string of the molecule is O=C(O)c1cc(COc2cc(F)ccc2Cl)ccn1. The zero-order chi connectivity index (χ0) is 13.8. The van der Waals surface area contributed by atoms with Crippen LogP contribution < -0.4 is 4.74 Å². The minimum absolute atomic E-state index is 0.0754. The third-order valence-electron chi connectivity index (χ3n) is 2.33. The molecule has 4 nitrogen and oxygen atoms in total. The maximum Gasteiger partial charge on any atom is 0.354 e. The van der Waals surface area contributed by atoms with Crippen molar-refractivity contribution in [3.05, 3.63) is 58.6 Å². The number of carbonyl (C=O) groups is 1. The highest BCUT2D eigenvalue weighted by Crippen LogP contribution is 2.25. The molecule has 0 fully saturated rings. The average Bonchev–Trinajstić information content (AvgIpc) is 2.40. The molecule has 1 N–H and O–H groups in total. The van der Waals surface area contributed by atoms with Crippen LogP contribution in [0.15, 0.2) is 36.5 Å². The fourth-order valence-corrected chi connectivity index (χ4v) is 1.60. The van der Waals surface area contributed by atoms with E-state index < -0.39 is 11.8 Å². The van der Waals surface area contributed by atoms with E-state index in [0.717, 1.165) is 0 Å². The smallest absolute Gasteiger partial charge is 0.354 e. The summed E-state index contributed by atoms with van der Waals surface area (Å²) in [4.78, 5) is 14.4. The Morgan fingerprint density at radius 2 is 2.16 bits per heavy atom. The molecule has 0 saturated heterocycles. The first-order valence-electron chi connectivity index (χ1n) is 5.32. The number of hydrogen-bond acceptors (Lipinski definition) is 3. The van der Waals surface area contributed by atoms with Gasteiger partial charge in [0, 0.05) is 12.3 Å². The van der Waals surface area contributed by atoms with Gasteiger partial charge in [0.05, 0.1) is 5.02 Å². The molecule has 0 atom stereocenters. The van der Waals surface area contributed by atoms with E-state index in [4.69, 9.17) is 21.4 Å². The predicted molar refractivity (Wildman–Crippen MR) is 66.9 cm³/mol. The Balaban J connectivity index is 2.12. The lowest BCUT2D eigenvalue weighted by Crippen LogP contribution is -2.03. The second-order valence-corrected chi connectivity index (χ2v) is 4.13. The van der Waals surface area contributed by atoms with Crippen molar-refractivity contribution in [1.82, 2.24) is 4.98 Å². The van der Waals surface area contributed by atoms with Crippen LogP contribution >= 0.6 is 11.6 Å². The van der Waals surface area contributed by atoms with E-state index in [0.29, 0.717) is 5.56 Å². The van der Waals surface area contributed by atoms with E-state index in [-0.39, 0.29) is 23.1 Å². The van der Waals surface area contributed by atoms with Gasteiger partial charge in [-0.25, -0.2) is 14.2 Å². The molecule has 1 aromatic heterocycles. The molecule has 0 spiro atoms. The quantitative estimate of drug-likeness (QED) is 0.935. The molecule has 1 heterocycles. The Labute approximate surface area is 113 Å². The molecule has 2 rings (SSSR count). The van der Waals surface area contributed by atoms with E-state index in [2.05, 4.69) is 4.98 Å². The van der Waals surface area contributed by atoms with Crippen LogP contribution in [0.2, 0.25) is 5.02 Å². The lowest BCUT2D eigenvalue weighted by Gasteiger charge is -2.08. The number of aromatic nitrogens is 1. The minimum atomic E-state index is -1.12. The first kappa shape index (κ1) is 13.3. The lowest BCUT2D eigenvalue weighted by atomic mass is 10.2. The van der Waals surface area contributed by atoms with E-state index in [1.54, 1.807) is 6.07 Å². The summed E-state index contributed by atoms with van der Waals surface area (Å²) >= 11 is 5.85. The van der Waals surface area contributed by atoms with Gasteiger partial charge in [0.15, 0.2) is 0 Å². The average molecular weight is 282 g/mol. The summed E-state index contributed by atoms with van der Waals surface area (Å²) in [7, 11) is 0. The summed E-state index contributed by atoms with van der Waals surface area (Å²) in [6.45, 7) is 0.0754. The van der Waals surface area contributed by atoms with Crippen molar-refractivity contribution in [3.8, 4) is 5.75 Å². The third kappa shape index (κ3) is 3.42. The number of rotatable bonds is 4. The molecule has 19 heavy (non-hydrogen) atoms. The highest BCUT2D eigenvalue weighted by Gasteiger charge is 2.07. The first-order chi connectivity index (χ1) is 9.06. The van der Waals surface area contributed by atoms with E-state index in [9.17, 15) is 9.18 Å². The molecular formula is C13H9ClFNO3. The van der Waals surface area contributed by atoms with E-state index in [1.165, 1.54) is 30.5 Å². The van der Waals surface area contributed by atoms with Gasteiger partial charge in [-0.15, -0.1) is 0 Å². The van der Waals surface area contributed by atoms with Crippen molar-refractivity contribution < 1.29 is 19.0 Å². The van der Waals surface area contributed by atoms with Crippen LogP contribution in [-0.2, 0) is 6.61 Å². The monoisotopic (exact) mass is 281 g/mol. The molecule has 0 unspecified atom stereocenters. The van der Waals surface area contributed by atoms with Gasteiger partial charge in [0.1, 0.15) is 23.9 Å². The van der Waals surface area contributed by atoms with Gasteiger partial charge in [0.25, 0.3) is 0 Å². The number of halogens is 2. The molecule has 0 bridgehead atoms. The Morgan fingerprint density at radius 3 is 2.89 bits per heavy atom. The van der Waals surface area contributed by atoms with Crippen LogP contribution in [0.3, 0.4) is 0 Å². The summed E-state index contributed by atoms with van der Waals surface area (Å²) in [5.41, 5.74) is 0.527. The van der Waals surface area contributed by atoms with E-state index in [1.807, 2.05) is 0 Å². The highest BCUT2D eigenvalue weighted by atomic mass is 35.5. The largest absolute Gasteiger partial charge is 0.487 e. The van der Waals surface area contributed by atoms with Gasteiger partial charge < -0.3 is 9.84 Å². The van der Waals surface area contributed by atoms with E-state index >= 15 is 0 Å². The molecule has 98 valence electrons. The third-order valence-corrected chi connectivity index (χ3v) is 2.64. The molecule has 0 saturated carbocycles. The Kier molecular flexibility index (Phi) is 3.97. The van der Waals surface area contributed by atoms with Crippen LogP contribution in [0.25, 0.3) is 0 Å². The molecule has 0 aliphatic heterocycles. The normalized spacial score (nSPS) is 10.2. The van der Waals surface area contributed by atoms with Crippen LogP contribution in [-0.4, -0.2) is 16.1 Å². The minimum Gasteiger partial charge on any atom is -0.487 e. The summed E-state index contributed by atoms with van der Waals surface area (Å²) in [6, 6.07) is 6.78. The van der Waals surface area contributed by atoms with Crippen molar-refractivity contribution in [2.24, 2.45) is 0 Å². The summed E-state index contributed by atoms with van der Waals surface area (Å²) in [5, 5.41) is 9.09. The molecule has 2 aromatic rings. The Bertz CT molecular complexity index is 619. The van der Waals surface area contributed by atoms with Gasteiger partial charge in [-0.2, -0.15) is 0 Å². The molecule has 0 aliphatic carbocycles. The van der Waals surface area contributed by atoms with Crippen LogP contribution in [0, 0.1) is 5.82 Å². The Morgan fingerprint density at radius 1 is 1.37 bits per heavy atom. The second kappa shape index (κ2) is 5.67. The number of pyridine rings is 1. The number of benzene rings is 1. The first-order valence-corrected chi connectivity index (χ1v) is 5.70. The summed E-state index contributed by atoms with van der Waals surface area (Å²) < 4.78 is 18.4. The van der Waals surface area contributed by atoms with Crippen molar-refractivity contribution >= 4 is 17.6 Å². The number of carboxylic acid groups (broad SMARTS) is 1. The number of carboxylic acids is 1. The standard InChI is InChI=1S/C13H9ClFNO3/c14-10-2-1-9(15)6-12(10)19-7-8-3-4-16-11(5-8)13(17)18/h1-6H,7H2,(H,17,18). The molecule has 6 heteroatoms. The van der Waals surface area contributed by atoms with Gasteiger partial charge >= 0.3 is 5.97 Å². The highest BCUT2D eigenvalue weighted by molar-refractivity contribution is 6.32. The van der Waals surface area contributed by atoms with Crippen LogP contribution in [0.1, 0.15) is 16.1 Å². The Hall–Kier alpha value is -2.14. The number of nitrogens with zero attached hydrogens (tertiary/aromatic N) is 1. The fourth-order valence-electron chi connectivity index (χ4n) is 1.43. The van der Waals surface area contributed by atoms with Crippen LogP contribution in [0.4, 0.5) is 4.39 Å². The van der Waals surface area contributed by atoms with Crippen molar-refractivity contribution in [2.45, 2.75) is 6.61 Å². The van der Waals surface area contributed by atoms with Crippen molar-refractivity contribution in [1.29, 1.82) is 0 Å². The maximum atomic E-state index is 13.0. The summed E-state index contributed by atoms with van der Waals surface area (Å²) in [6.07, 6.45) is 1.37. The second-order valence-electron chi connectivity index (χ2n) is 3.72. The number of aromatic carboxylic acids is 1. The maximum absolute atomic E-state index is 13.0. The van der Waals surface area contributed by atoms with Crippen molar-refractivity contribution in [3.63, 3.8) is 0 Å². The molecular weight excluding hydrogens is 273 g/mol.